The molecule has 1 atom stereocenters. The second-order valence-corrected chi connectivity index (χ2v) is 15.0. The van der Waals surface area contributed by atoms with Gasteiger partial charge in [-0.25, -0.2) is 26.4 Å². The van der Waals surface area contributed by atoms with Gasteiger partial charge in [-0.1, -0.05) is 43.3 Å². The monoisotopic (exact) mass is 596 g/mol. The van der Waals surface area contributed by atoms with Crippen molar-refractivity contribution in [2.24, 2.45) is 5.92 Å². The molecule has 2 N–H and O–H groups in total. The number of nitrogens with one attached hydrogen (secondary N) is 2. The van der Waals surface area contributed by atoms with Crippen LogP contribution in [-0.4, -0.2) is 64.8 Å². The molecular weight excluding hydrogens is 556 g/mol. The molecule has 2 aromatic carbocycles. The van der Waals surface area contributed by atoms with Crippen molar-refractivity contribution < 1.29 is 35.9 Å². The second-order valence-electron chi connectivity index (χ2n) is 11.0. The SMILES string of the molecule is CC(CCCNC(=O)OC(C)(C)CS(=O)(=O)c1ccccc1)CNC(=O)OC(C)(C)CS(=O)(=O)c1ccccc1. The number of sulfone groups is 2. The molecule has 12 heteroatoms. The molecule has 40 heavy (non-hydrogen) atoms. The standard InChI is InChI=1S/C28H40N2O8S2/c1-22(19-30-26(32)38-28(4,5)21-40(35,36)24-16-10-7-11-17-24)13-12-18-29-25(31)37-27(2,3)20-39(33,34)23-14-8-6-9-15-23/h6-11,14-17,22H,12-13,18-21H2,1-5H3,(H,29,31)(H,30,32). The molecule has 0 saturated heterocycles. The summed E-state index contributed by atoms with van der Waals surface area (Å²) in [5.74, 6) is -0.663. The first-order chi connectivity index (χ1) is 18.5. The summed E-state index contributed by atoms with van der Waals surface area (Å²) < 4.78 is 61.1. The zero-order chi connectivity index (χ0) is 30.0. The lowest BCUT2D eigenvalue weighted by atomic mass is 10.1. The third-order valence-corrected chi connectivity index (χ3v) is 9.89. The van der Waals surface area contributed by atoms with Crippen LogP contribution in [0.25, 0.3) is 0 Å². The van der Waals surface area contributed by atoms with E-state index < -0.39 is 43.1 Å². The summed E-state index contributed by atoms with van der Waals surface area (Å²) in [6.07, 6.45) is -0.168. The number of amides is 2. The summed E-state index contributed by atoms with van der Waals surface area (Å²) in [6, 6.07) is 16.0. The molecule has 0 aliphatic carbocycles. The van der Waals surface area contributed by atoms with E-state index in [1.165, 1.54) is 38.1 Å². The third-order valence-electron chi connectivity index (χ3n) is 5.76. The Balaban J connectivity index is 1.68. The van der Waals surface area contributed by atoms with Crippen LogP contribution < -0.4 is 10.6 Å². The molecule has 2 amide bonds. The van der Waals surface area contributed by atoms with Crippen LogP contribution in [-0.2, 0) is 29.1 Å². The van der Waals surface area contributed by atoms with Crippen LogP contribution in [0, 0.1) is 5.92 Å². The zero-order valence-electron chi connectivity index (χ0n) is 23.7. The maximum absolute atomic E-state index is 12.6. The molecule has 0 heterocycles. The topological polar surface area (TPSA) is 145 Å². The molecule has 0 fully saturated rings. The predicted molar refractivity (Wildman–Crippen MR) is 153 cm³/mol. The molecule has 10 nitrogen and oxygen atoms in total. The van der Waals surface area contributed by atoms with Crippen LogP contribution in [0.15, 0.2) is 70.5 Å². The Morgan fingerprint density at radius 1 is 0.725 bits per heavy atom. The zero-order valence-corrected chi connectivity index (χ0v) is 25.3. The highest BCUT2D eigenvalue weighted by Crippen LogP contribution is 2.20. The normalized spacial score (nSPS) is 13.2. The van der Waals surface area contributed by atoms with Gasteiger partial charge in [0.15, 0.2) is 19.7 Å². The van der Waals surface area contributed by atoms with Crippen LogP contribution in [0.4, 0.5) is 9.59 Å². The Morgan fingerprint density at radius 3 is 1.55 bits per heavy atom. The quantitative estimate of drug-likeness (QED) is 0.306. The molecule has 0 aliphatic rings. The Bertz CT molecular complexity index is 1330. The maximum atomic E-state index is 12.6. The van der Waals surface area contributed by atoms with Crippen molar-refractivity contribution in [1.82, 2.24) is 10.6 Å². The third kappa shape index (κ3) is 11.5. The fourth-order valence-corrected chi connectivity index (χ4v) is 7.40. The molecule has 1 unspecified atom stereocenters. The number of carbonyl (C=O) groups excluding carboxylic acids is 2. The summed E-state index contributed by atoms with van der Waals surface area (Å²) in [4.78, 5) is 24.8. The average Bonchev–Trinajstić information content (AvgIpc) is 2.84. The molecule has 222 valence electrons. The van der Waals surface area contributed by atoms with Crippen LogP contribution in [0.3, 0.4) is 0 Å². The van der Waals surface area contributed by atoms with Gasteiger partial charge in [-0.3, -0.25) is 0 Å². The summed E-state index contributed by atoms with van der Waals surface area (Å²) >= 11 is 0. The highest BCUT2D eigenvalue weighted by atomic mass is 32.2. The lowest BCUT2D eigenvalue weighted by molar-refractivity contribution is 0.0537. The lowest BCUT2D eigenvalue weighted by Crippen LogP contribution is -2.41. The van der Waals surface area contributed by atoms with E-state index in [9.17, 15) is 26.4 Å². The van der Waals surface area contributed by atoms with E-state index in [1.807, 2.05) is 6.92 Å². The van der Waals surface area contributed by atoms with Crippen LogP contribution in [0.5, 0.6) is 0 Å². The number of hydrogen-bond acceptors (Lipinski definition) is 8. The minimum Gasteiger partial charge on any atom is -0.442 e. The number of carbonyl (C=O) groups is 2. The van der Waals surface area contributed by atoms with Gasteiger partial charge in [0.1, 0.15) is 11.2 Å². The largest absolute Gasteiger partial charge is 0.442 e. The van der Waals surface area contributed by atoms with Crippen molar-refractivity contribution in [2.45, 2.75) is 68.5 Å². The fourth-order valence-electron chi connectivity index (χ4n) is 3.97. The molecule has 2 aromatic rings. The van der Waals surface area contributed by atoms with Crippen molar-refractivity contribution in [3.63, 3.8) is 0 Å². The van der Waals surface area contributed by atoms with E-state index in [1.54, 1.807) is 50.2 Å². The van der Waals surface area contributed by atoms with Crippen molar-refractivity contribution in [2.75, 3.05) is 24.6 Å². The molecule has 0 bridgehead atoms. The van der Waals surface area contributed by atoms with Crippen molar-refractivity contribution in [3.8, 4) is 0 Å². The number of alkyl carbamates (subject to hydrolysis) is 2. The first-order valence-corrected chi connectivity index (χ1v) is 16.3. The average molecular weight is 597 g/mol. The van der Waals surface area contributed by atoms with Crippen LogP contribution in [0.1, 0.15) is 47.5 Å². The fraction of sp³-hybridized carbons (Fsp3) is 0.500. The molecule has 0 aromatic heterocycles. The van der Waals surface area contributed by atoms with E-state index in [4.69, 9.17) is 9.47 Å². The van der Waals surface area contributed by atoms with E-state index in [2.05, 4.69) is 10.6 Å². The summed E-state index contributed by atoms with van der Waals surface area (Å²) in [5, 5.41) is 5.28. The van der Waals surface area contributed by atoms with Gasteiger partial charge in [0, 0.05) is 13.1 Å². The van der Waals surface area contributed by atoms with Gasteiger partial charge in [0.2, 0.25) is 0 Å². The molecule has 0 aliphatic heterocycles. The van der Waals surface area contributed by atoms with Crippen molar-refractivity contribution in [3.05, 3.63) is 60.7 Å². The number of ether oxygens (including phenoxy) is 2. The van der Waals surface area contributed by atoms with Crippen LogP contribution in [0.2, 0.25) is 0 Å². The maximum Gasteiger partial charge on any atom is 0.407 e. The van der Waals surface area contributed by atoms with E-state index in [0.717, 1.165) is 0 Å². The summed E-state index contributed by atoms with van der Waals surface area (Å²) in [7, 11) is -7.26. The minimum absolute atomic E-state index is 0.0500. The highest BCUT2D eigenvalue weighted by Gasteiger charge is 2.32. The first-order valence-electron chi connectivity index (χ1n) is 13.0. The van der Waals surface area contributed by atoms with Gasteiger partial charge in [-0.2, -0.15) is 0 Å². The smallest absolute Gasteiger partial charge is 0.407 e. The van der Waals surface area contributed by atoms with E-state index in [0.29, 0.717) is 25.9 Å². The van der Waals surface area contributed by atoms with Gasteiger partial charge >= 0.3 is 12.2 Å². The highest BCUT2D eigenvalue weighted by molar-refractivity contribution is 7.91. The van der Waals surface area contributed by atoms with E-state index >= 15 is 0 Å². The molecule has 0 spiro atoms. The van der Waals surface area contributed by atoms with Crippen molar-refractivity contribution >= 4 is 31.9 Å². The van der Waals surface area contributed by atoms with Gasteiger partial charge < -0.3 is 20.1 Å². The number of rotatable bonds is 14. The second kappa shape index (κ2) is 14.0. The van der Waals surface area contributed by atoms with E-state index in [-0.39, 0.29) is 27.2 Å². The predicted octanol–water partition coefficient (Wildman–Crippen LogP) is 4.36. The summed E-state index contributed by atoms with van der Waals surface area (Å²) in [6.45, 7) is 8.69. The Kier molecular flexibility index (Phi) is 11.6. The first kappa shape index (κ1) is 33.1. The molecular formula is C28H40N2O8S2. The van der Waals surface area contributed by atoms with Gasteiger partial charge in [-0.15, -0.1) is 0 Å². The summed E-state index contributed by atoms with van der Waals surface area (Å²) in [5.41, 5.74) is -2.47. The molecule has 0 saturated carbocycles. The minimum atomic E-state index is -3.63. The number of benzene rings is 2. The van der Waals surface area contributed by atoms with Gasteiger partial charge in [0.05, 0.1) is 21.3 Å². The Morgan fingerprint density at radius 2 is 1.12 bits per heavy atom. The lowest BCUT2D eigenvalue weighted by Gasteiger charge is -2.25. The number of hydrogen-bond donors (Lipinski definition) is 2. The Labute approximate surface area is 237 Å². The molecule has 2 rings (SSSR count). The van der Waals surface area contributed by atoms with Gasteiger partial charge in [-0.05, 0) is 70.7 Å². The van der Waals surface area contributed by atoms with Crippen molar-refractivity contribution in [1.29, 1.82) is 0 Å². The van der Waals surface area contributed by atoms with Gasteiger partial charge in [0.25, 0.3) is 0 Å². The Hall–Kier alpha value is -3.12. The molecule has 0 radical (unpaired) electrons. The van der Waals surface area contributed by atoms with Crippen LogP contribution >= 0.6 is 0 Å².